The van der Waals surface area contributed by atoms with Crippen molar-refractivity contribution in [3.8, 4) is 5.69 Å². The van der Waals surface area contributed by atoms with Crippen LogP contribution in [0.15, 0.2) is 59.9 Å². The molecule has 0 atom stereocenters. The molecule has 2 aromatic heterocycles. The van der Waals surface area contributed by atoms with Gasteiger partial charge in [-0.25, -0.2) is 4.68 Å². The molecular weight excluding hydrogens is 336 g/mol. The molecule has 128 valence electrons. The van der Waals surface area contributed by atoms with Gasteiger partial charge in [0.2, 0.25) is 0 Å². The molecular formula is C19H19ClN4O. The SMILES string of the molecule is Cc1c(C(=O)n2ccccc2=NC(C)C)cnn1-c1cccc(Cl)c1. The Kier molecular flexibility index (Phi) is 4.86. The van der Waals surface area contributed by atoms with E-state index in [0.29, 0.717) is 16.1 Å². The van der Waals surface area contributed by atoms with Crippen LogP contribution in [0, 0.1) is 6.92 Å². The summed E-state index contributed by atoms with van der Waals surface area (Å²) >= 11 is 6.06. The molecule has 0 amide bonds. The normalized spacial score (nSPS) is 12.0. The van der Waals surface area contributed by atoms with Crippen molar-refractivity contribution in [2.75, 3.05) is 0 Å². The molecule has 25 heavy (non-hydrogen) atoms. The van der Waals surface area contributed by atoms with E-state index in [1.165, 1.54) is 0 Å². The number of nitrogens with zero attached hydrogens (tertiary/aromatic N) is 4. The Balaban J connectivity index is 2.06. The maximum absolute atomic E-state index is 13.0. The molecule has 0 aliphatic carbocycles. The van der Waals surface area contributed by atoms with Gasteiger partial charge in [0.25, 0.3) is 5.91 Å². The molecule has 3 aromatic rings. The Morgan fingerprint density at radius 2 is 2.00 bits per heavy atom. The van der Waals surface area contributed by atoms with E-state index in [4.69, 9.17) is 11.6 Å². The first-order chi connectivity index (χ1) is 12.0. The molecule has 0 spiro atoms. The average Bonchev–Trinajstić information content (AvgIpc) is 2.96. The zero-order valence-electron chi connectivity index (χ0n) is 14.3. The molecule has 0 aliphatic rings. The third kappa shape index (κ3) is 3.56. The molecule has 2 heterocycles. The monoisotopic (exact) mass is 354 g/mol. The zero-order valence-corrected chi connectivity index (χ0v) is 15.1. The van der Waals surface area contributed by atoms with E-state index in [0.717, 1.165) is 11.4 Å². The van der Waals surface area contributed by atoms with Crippen molar-refractivity contribution in [1.29, 1.82) is 0 Å². The lowest BCUT2D eigenvalue weighted by molar-refractivity contribution is 0.0954. The quantitative estimate of drug-likeness (QED) is 0.721. The van der Waals surface area contributed by atoms with Crippen LogP contribution in [-0.4, -0.2) is 26.3 Å². The third-order valence-electron chi connectivity index (χ3n) is 3.74. The highest BCUT2D eigenvalue weighted by Crippen LogP contribution is 2.18. The lowest BCUT2D eigenvalue weighted by Gasteiger charge is -2.08. The van der Waals surface area contributed by atoms with E-state index in [1.54, 1.807) is 27.7 Å². The molecule has 6 heteroatoms. The van der Waals surface area contributed by atoms with Crippen LogP contribution in [0.1, 0.15) is 29.9 Å². The molecule has 0 radical (unpaired) electrons. The van der Waals surface area contributed by atoms with Crippen molar-refractivity contribution in [2.45, 2.75) is 26.8 Å². The van der Waals surface area contributed by atoms with Crippen molar-refractivity contribution in [1.82, 2.24) is 14.3 Å². The van der Waals surface area contributed by atoms with Gasteiger partial charge in [0, 0.05) is 17.3 Å². The van der Waals surface area contributed by atoms with Crippen LogP contribution < -0.4 is 5.49 Å². The summed E-state index contributed by atoms with van der Waals surface area (Å²) in [7, 11) is 0. The number of carbonyl (C=O) groups excluding carboxylic acids is 1. The van der Waals surface area contributed by atoms with Crippen molar-refractivity contribution in [3.05, 3.63) is 76.6 Å². The maximum atomic E-state index is 13.0. The smallest absolute Gasteiger partial charge is 0.267 e. The van der Waals surface area contributed by atoms with E-state index in [-0.39, 0.29) is 11.9 Å². The lowest BCUT2D eigenvalue weighted by Crippen LogP contribution is -2.28. The topological polar surface area (TPSA) is 52.2 Å². The van der Waals surface area contributed by atoms with E-state index in [9.17, 15) is 4.79 Å². The van der Waals surface area contributed by atoms with Crippen molar-refractivity contribution < 1.29 is 4.79 Å². The van der Waals surface area contributed by atoms with Crippen LogP contribution in [0.25, 0.3) is 5.69 Å². The predicted molar refractivity (Wildman–Crippen MR) is 98.2 cm³/mol. The van der Waals surface area contributed by atoms with E-state index >= 15 is 0 Å². The molecule has 3 rings (SSSR count). The van der Waals surface area contributed by atoms with Gasteiger partial charge in [0.05, 0.1) is 23.1 Å². The fraction of sp³-hybridized carbons (Fsp3) is 0.211. The number of hydrogen-bond donors (Lipinski definition) is 0. The summed E-state index contributed by atoms with van der Waals surface area (Å²) < 4.78 is 3.26. The second-order valence-corrected chi connectivity index (χ2v) is 6.43. The molecule has 0 saturated carbocycles. The van der Waals surface area contributed by atoms with E-state index in [1.807, 2.05) is 57.2 Å². The molecule has 1 aromatic carbocycles. The van der Waals surface area contributed by atoms with Gasteiger partial charge < -0.3 is 0 Å². The maximum Gasteiger partial charge on any atom is 0.267 e. The number of carbonyl (C=O) groups is 1. The Labute approximate surface area is 151 Å². The number of pyridine rings is 1. The predicted octanol–water partition coefficient (Wildman–Crippen LogP) is 3.63. The Morgan fingerprint density at radius 1 is 1.20 bits per heavy atom. The first-order valence-corrected chi connectivity index (χ1v) is 8.42. The van der Waals surface area contributed by atoms with Crippen molar-refractivity contribution in [2.24, 2.45) is 4.99 Å². The Morgan fingerprint density at radius 3 is 2.72 bits per heavy atom. The van der Waals surface area contributed by atoms with Gasteiger partial charge in [0.15, 0.2) is 0 Å². The third-order valence-corrected chi connectivity index (χ3v) is 3.98. The van der Waals surface area contributed by atoms with Gasteiger partial charge in [-0.15, -0.1) is 0 Å². The minimum Gasteiger partial charge on any atom is -0.268 e. The van der Waals surface area contributed by atoms with Gasteiger partial charge in [-0.2, -0.15) is 5.10 Å². The summed E-state index contributed by atoms with van der Waals surface area (Å²) in [4.78, 5) is 17.5. The fourth-order valence-electron chi connectivity index (χ4n) is 2.59. The van der Waals surface area contributed by atoms with Crippen LogP contribution in [0.2, 0.25) is 5.02 Å². The second-order valence-electron chi connectivity index (χ2n) is 5.99. The zero-order chi connectivity index (χ0) is 18.0. The fourth-order valence-corrected chi connectivity index (χ4v) is 2.78. The minimum absolute atomic E-state index is 0.0942. The lowest BCUT2D eigenvalue weighted by atomic mass is 10.2. The van der Waals surface area contributed by atoms with Crippen molar-refractivity contribution >= 4 is 17.5 Å². The second kappa shape index (κ2) is 7.07. The summed E-state index contributed by atoms with van der Waals surface area (Å²) in [5, 5.41) is 4.98. The number of hydrogen-bond acceptors (Lipinski definition) is 3. The average molecular weight is 355 g/mol. The summed E-state index contributed by atoms with van der Waals surface area (Å²) in [6, 6.07) is 13.0. The molecule has 0 N–H and O–H groups in total. The van der Waals surface area contributed by atoms with E-state index in [2.05, 4.69) is 10.1 Å². The first-order valence-electron chi connectivity index (χ1n) is 8.04. The highest BCUT2D eigenvalue weighted by molar-refractivity contribution is 6.30. The summed E-state index contributed by atoms with van der Waals surface area (Å²) in [6.07, 6.45) is 3.30. The highest BCUT2D eigenvalue weighted by Gasteiger charge is 2.17. The number of benzene rings is 1. The van der Waals surface area contributed by atoms with Crippen LogP contribution in [0.3, 0.4) is 0 Å². The number of rotatable bonds is 3. The van der Waals surface area contributed by atoms with Crippen LogP contribution in [0.4, 0.5) is 0 Å². The van der Waals surface area contributed by atoms with Crippen LogP contribution >= 0.6 is 11.6 Å². The van der Waals surface area contributed by atoms with Gasteiger partial charge in [-0.05, 0) is 51.1 Å². The summed E-state index contributed by atoms with van der Waals surface area (Å²) in [6.45, 7) is 5.82. The summed E-state index contributed by atoms with van der Waals surface area (Å²) in [5.41, 5.74) is 2.71. The minimum atomic E-state index is -0.161. The number of aromatic nitrogens is 3. The molecule has 0 fully saturated rings. The Hall–Kier alpha value is -2.66. The standard InChI is InChI=1S/C19H19ClN4O/c1-13(2)22-18-9-4-5-10-23(18)19(25)17-12-21-24(14(17)3)16-8-6-7-15(20)11-16/h4-13H,1-3H3. The van der Waals surface area contributed by atoms with Crippen molar-refractivity contribution in [3.63, 3.8) is 0 Å². The number of halogens is 1. The van der Waals surface area contributed by atoms with Gasteiger partial charge >= 0.3 is 0 Å². The molecule has 0 unspecified atom stereocenters. The highest BCUT2D eigenvalue weighted by atomic mass is 35.5. The first kappa shape index (κ1) is 17.2. The molecule has 0 aliphatic heterocycles. The molecule has 0 saturated heterocycles. The van der Waals surface area contributed by atoms with Crippen LogP contribution in [-0.2, 0) is 0 Å². The molecule has 0 bridgehead atoms. The van der Waals surface area contributed by atoms with Gasteiger partial charge in [-0.3, -0.25) is 14.4 Å². The largest absolute Gasteiger partial charge is 0.268 e. The Bertz CT molecular complexity index is 985. The van der Waals surface area contributed by atoms with E-state index < -0.39 is 0 Å². The van der Waals surface area contributed by atoms with Gasteiger partial charge in [0.1, 0.15) is 5.49 Å². The molecule has 5 nitrogen and oxygen atoms in total. The van der Waals surface area contributed by atoms with Gasteiger partial charge in [-0.1, -0.05) is 23.7 Å². The van der Waals surface area contributed by atoms with Crippen LogP contribution in [0.5, 0.6) is 0 Å². The summed E-state index contributed by atoms with van der Waals surface area (Å²) in [5.74, 6) is -0.161.